The number of furan rings is 1. The van der Waals surface area contributed by atoms with Crippen molar-refractivity contribution < 1.29 is 4.42 Å². The first kappa shape index (κ1) is 13.5. The number of fused-ring (bicyclic) bond motifs is 1. The number of pyridine rings is 1. The van der Waals surface area contributed by atoms with E-state index in [9.17, 15) is 0 Å². The predicted octanol–water partition coefficient (Wildman–Crippen LogP) is 4.22. The Morgan fingerprint density at radius 1 is 1.45 bits per heavy atom. The molecule has 0 aliphatic heterocycles. The number of alkyl halides is 1. The second kappa shape index (κ2) is 5.46. The molecule has 0 amide bonds. The third-order valence-electron chi connectivity index (χ3n) is 3.21. The average molecular weight is 310 g/mol. The predicted molar refractivity (Wildman–Crippen MR) is 79.2 cm³/mol. The van der Waals surface area contributed by atoms with E-state index in [4.69, 9.17) is 27.6 Å². The number of aromatic nitrogens is 3. The van der Waals surface area contributed by atoms with Crippen LogP contribution in [0.2, 0.25) is 5.02 Å². The van der Waals surface area contributed by atoms with Crippen LogP contribution in [-0.4, -0.2) is 14.5 Å². The van der Waals surface area contributed by atoms with Crippen LogP contribution >= 0.6 is 23.2 Å². The zero-order chi connectivity index (χ0) is 14.1. The molecule has 0 radical (unpaired) electrons. The lowest BCUT2D eigenvalue weighted by atomic mass is 10.2. The van der Waals surface area contributed by atoms with Crippen LogP contribution in [0.15, 0.2) is 35.1 Å². The van der Waals surface area contributed by atoms with E-state index in [1.165, 1.54) is 0 Å². The third-order valence-corrected chi connectivity index (χ3v) is 3.65. The van der Waals surface area contributed by atoms with Crippen LogP contribution in [0.1, 0.15) is 24.6 Å². The summed E-state index contributed by atoms with van der Waals surface area (Å²) in [7, 11) is 0. The molecule has 0 spiro atoms. The molecule has 3 rings (SSSR count). The van der Waals surface area contributed by atoms with Crippen molar-refractivity contribution in [3.63, 3.8) is 0 Å². The van der Waals surface area contributed by atoms with Gasteiger partial charge in [-0.1, -0.05) is 11.6 Å². The van der Waals surface area contributed by atoms with Crippen molar-refractivity contribution in [2.75, 3.05) is 0 Å². The molecule has 0 aliphatic rings. The highest BCUT2D eigenvalue weighted by Crippen LogP contribution is 2.25. The number of halogens is 2. The summed E-state index contributed by atoms with van der Waals surface area (Å²) < 4.78 is 7.44. The zero-order valence-corrected chi connectivity index (χ0v) is 12.4. The van der Waals surface area contributed by atoms with Crippen molar-refractivity contribution in [3.05, 3.63) is 47.3 Å². The molecular weight excluding hydrogens is 297 g/mol. The first-order chi connectivity index (χ1) is 9.69. The molecule has 6 heteroatoms. The van der Waals surface area contributed by atoms with Gasteiger partial charge in [-0.05, 0) is 25.1 Å². The Morgan fingerprint density at radius 3 is 3.00 bits per heavy atom. The molecule has 0 bridgehead atoms. The average Bonchev–Trinajstić information content (AvgIpc) is 3.04. The van der Waals surface area contributed by atoms with E-state index in [0.29, 0.717) is 10.9 Å². The number of hydrogen-bond donors (Lipinski definition) is 0. The summed E-state index contributed by atoms with van der Waals surface area (Å²) in [6.07, 6.45) is 4.06. The maximum atomic E-state index is 6.00. The molecule has 0 aliphatic carbocycles. The molecular formula is C14H13Cl2N3O. The molecule has 1 atom stereocenters. The Bertz CT molecular complexity index is 721. The quantitative estimate of drug-likeness (QED) is 0.678. The van der Waals surface area contributed by atoms with E-state index in [1.807, 2.05) is 16.7 Å². The number of imidazole rings is 1. The van der Waals surface area contributed by atoms with E-state index in [1.54, 1.807) is 18.5 Å². The summed E-state index contributed by atoms with van der Waals surface area (Å²) in [5, 5.41) is 0.571. The highest BCUT2D eigenvalue weighted by Gasteiger charge is 2.17. The largest absolute Gasteiger partial charge is 0.469 e. The summed E-state index contributed by atoms with van der Waals surface area (Å²) in [5.74, 6) is 2.04. The molecule has 0 saturated heterocycles. The molecule has 3 heterocycles. The highest BCUT2D eigenvalue weighted by molar-refractivity contribution is 6.31. The van der Waals surface area contributed by atoms with Crippen molar-refractivity contribution in [2.45, 2.75) is 25.3 Å². The Balaban J connectivity index is 2.04. The van der Waals surface area contributed by atoms with Gasteiger partial charge in [0.1, 0.15) is 17.1 Å². The Morgan fingerprint density at radius 2 is 2.30 bits per heavy atom. The Hall–Kier alpha value is -1.52. The van der Waals surface area contributed by atoms with Crippen molar-refractivity contribution >= 4 is 34.4 Å². The molecule has 0 aromatic carbocycles. The third kappa shape index (κ3) is 2.41. The summed E-state index contributed by atoms with van der Waals surface area (Å²) in [4.78, 5) is 8.87. The number of rotatable bonds is 4. The van der Waals surface area contributed by atoms with E-state index >= 15 is 0 Å². The topological polar surface area (TPSA) is 43.9 Å². The molecule has 0 fully saturated rings. The Labute approximate surface area is 126 Å². The van der Waals surface area contributed by atoms with Gasteiger partial charge in [0.15, 0.2) is 5.65 Å². The van der Waals surface area contributed by atoms with Gasteiger partial charge in [0.05, 0.1) is 17.2 Å². The second-order valence-corrected chi connectivity index (χ2v) is 5.36. The highest BCUT2D eigenvalue weighted by atomic mass is 35.5. The van der Waals surface area contributed by atoms with Gasteiger partial charge in [-0.25, -0.2) is 9.97 Å². The molecule has 104 valence electrons. The van der Waals surface area contributed by atoms with Crippen LogP contribution in [-0.2, 0) is 12.3 Å². The fourth-order valence-corrected chi connectivity index (χ4v) is 2.71. The molecule has 3 aromatic rings. The summed E-state index contributed by atoms with van der Waals surface area (Å²) in [6.45, 7) is 2.09. The fourth-order valence-electron chi connectivity index (χ4n) is 2.37. The monoisotopic (exact) mass is 309 g/mol. The lowest BCUT2D eigenvalue weighted by Gasteiger charge is -2.15. The van der Waals surface area contributed by atoms with Gasteiger partial charge in [-0.15, -0.1) is 11.6 Å². The molecule has 4 nitrogen and oxygen atoms in total. The smallest absolute Gasteiger partial charge is 0.160 e. The Kier molecular flexibility index (Phi) is 3.68. The minimum atomic E-state index is 0.147. The second-order valence-electron chi connectivity index (χ2n) is 4.66. The molecule has 1 unspecified atom stereocenters. The van der Waals surface area contributed by atoms with Gasteiger partial charge < -0.3 is 8.98 Å². The van der Waals surface area contributed by atoms with Crippen LogP contribution in [0.4, 0.5) is 0 Å². The van der Waals surface area contributed by atoms with Crippen LogP contribution in [0.25, 0.3) is 11.2 Å². The molecule has 20 heavy (non-hydrogen) atoms. The van der Waals surface area contributed by atoms with Crippen molar-refractivity contribution in [2.24, 2.45) is 0 Å². The number of hydrogen-bond acceptors (Lipinski definition) is 3. The van der Waals surface area contributed by atoms with Gasteiger partial charge in [-0.2, -0.15) is 0 Å². The minimum absolute atomic E-state index is 0.147. The van der Waals surface area contributed by atoms with Gasteiger partial charge in [-0.3, -0.25) is 0 Å². The van der Waals surface area contributed by atoms with Crippen LogP contribution in [0.3, 0.4) is 0 Å². The normalized spacial score (nSPS) is 12.9. The molecule has 0 saturated carbocycles. The number of nitrogens with zero attached hydrogens (tertiary/aromatic N) is 3. The SMILES string of the molecule is CC(Cc1ccco1)n1c(CCl)nc2cc(Cl)cnc21. The van der Waals surface area contributed by atoms with Crippen LogP contribution in [0, 0.1) is 0 Å². The van der Waals surface area contributed by atoms with E-state index < -0.39 is 0 Å². The van der Waals surface area contributed by atoms with Gasteiger partial charge >= 0.3 is 0 Å². The lowest BCUT2D eigenvalue weighted by Crippen LogP contribution is -2.11. The zero-order valence-electron chi connectivity index (χ0n) is 10.9. The fraction of sp³-hybridized carbons (Fsp3) is 0.286. The first-order valence-electron chi connectivity index (χ1n) is 6.29. The standard InChI is InChI=1S/C14H13Cl2N3O/c1-9(5-11-3-2-4-20-11)19-13(7-15)18-12-6-10(16)8-17-14(12)19/h2-4,6,8-9H,5,7H2,1H3. The first-order valence-corrected chi connectivity index (χ1v) is 7.21. The van der Waals surface area contributed by atoms with E-state index in [0.717, 1.165) is 29.2 Å². The minimum Gasteiger partial charge on any atom is -0.469 e. The van der Waals surface area contributed by atoms with Crippen molar-refractivity contribution in [3.8, 4) is 0 Å². The van der Waals surface area contributed by atoms with Gasteiger partial charge in [0, 0.05) is 18.7 Å². The summed E-state index contributed by atoms with van der Waals surface area (Å²) >= 11 is 12.0. The van der Waals surface area contributed by atoms with Crippen molar-refractivity contribution in [1.82, 2.24) is 14.5 Å². The maximum absolute atomic E-state index is 6.00. The van der Waals surface area contributed by atoms with Crippen LogP contribution in [0.5, 0.6) is 0 Å². The molecule has 0 N–H and O–H groups in total. The lowest BCUT2D eigenvalue weighted by molar-refractivity contribution is 0.448. The van der Waals surface area contributed by atoms with Gasteiger partial charge in [0.2, 0.25) is 0 Å². The maximum Gasteiger partial charge on any atom is 0.160 e. The van der Waals surface area contributed by atoms with Crippen LogP contribution < -0.4 is 0 Å². The van der Waals surface area contributed by atoms with E-state index in [-0.39, 0.29) is 6.04 Å². The van der Waals surface area contributed by atoms with E-state index in [2.05, 4.69) is 16.9 Å². The van der Waals surface area contributed by atoms with Gasteiger partial charge in [0.25, 0.3) is 0 Å². The summed E-state index contributed by atoms with van der Waals surface area (Å²) in [6, 6.07) is 5.79. The summed E-state index contributed by atoms with van der Waals surface area (Å²) in [5.41, 5.74) is 1.56. The molecule has 3 aromatic heterocycles. The van der Waals surface area contributed by atoms with Crippen molar-refractivity contribution in [1.29, 1.82) is 0 Å².